The molecule has 4 heteroatoms. The maximum atomic E-state index is 12.4. The number of aliphatic hydroxyl groups is 1. The zero-order valence-corrected chi connectivity index (χ0v) is 13.3. The number of hydrogen-bond donors (Lipinski definition) is 1. The molecule has 4 nitrogen and oxygen atoms in total. The van der Waals surface area contributed by atoms with E-state index in [9.17, 15) is 9.90 Å². The van der Waals surface area contributed by atoms with Crippen LogP contribution < -0.4 is 4.74 Å². The molecular formula is C17H25NO3. The molecule has 0 fully saturated rings. The van der Waals surface area contributed by atoms with E-state index in [2.05, 4.69) is 0 Å². The highest BCUT2D eigenvalue weighted by Crippen LogP contribution is 2.37. The fourth-order valence-electron chi connectivity index (χ4n) is 2.83. The Bertz CT molecular complexity index is 521. The maximum absolute atomic E-state index is 12.4. The highest BCUT2D eigenvalue weighted by atomic mass is 16.5. The normalized spacial score (nSPS) is 19.6. The molecule has 1 amide bonds. The smallest absolute Gasteiger partial charge is 0.253 e. The highest BCUT2D eigenvalue weighted by molar-refractivity contribution is 5.94. The van der Waals surface area contributed by atoms with Crippen LogP contribution in [0.15, 0.2) is 18.2 Å². The summed E-state index contributed by atoms with van der Waals surface area (Å²) in [6, 6.07) is 5.62. The molecule has 0 spiro atoms. The Labute approximate surface area is 126 Å². The van der Waals surface area contributed by atoms with Gasteiger partial charge in [0.25, 0.3) is 5.91 Å². The molecule has 1 aromatic carbocycles. The van der Waals surface area contributed by atoms with Gasteiger partial charge in [-0.15, -0.1) is 0 Å². The summed E-state index contributed by atoms with van der Waals surface area (Å²) < 4.78 is 5.99. The first kappa shape index (κ1) is 15.8. The first-order valence-electron chi connectivity index (χ1n) is 7.65. The van der Waals surface area contributed by atoms with E-state index in [0.29, 0.717) is 18.7 Å². The molecule has 0 saturated carbocycles. The topological polar surface area (TPSA) is 49.8 Å². The molecule has 0 aliphatic carbocycles. The number of rotatable bonds is 4. The van der Waals surface area contributed by atoms with Gasteiger partial charge in [0, 0.05) is 24.6 Å². The van der Waals surface area contributed by atoms with Gasteiger partial charge in [-0.1, -0.05) is 0 Å². The molecule has 1 unspecified atom stereocenters. The number of carbonyl (C=O) groups is 1. The molecule has 116 valence electrons. The van der Waals surface area contributed by atoms with E-state index in [0.717, 1.165) is 17.7 Å². The van der Waals surface area contributed by atoms with Gasteiger partial charge in [0.05, 0.1) is 6.61 Å². The number of benzene rings is 1. The molecule has 0 aromatic heterocycles. The third kappa shape index (κ3) is 3.05. The summed E-state index contributed by atoms with van der Waals surface area (Å²) >= 11 is 0. The van der Waals surface area contributed by atoms with Crippen LogP contribution in [0.4, 0.5) is 0 Å². The Morgan fingerprint density at radius 3 is 2.62 bits per heavy atom. The third-order valence-electron chi connectivity index (χ3n) is 4.40. The largest absolute Gasteiger partial charge is 0.487 e. The van der Waals surface area contributed by atoms with E-state index >= 15 is 0 Å². The van der Waals surface area contributed by atoms with Gasteiger partial charge < -0.3 is 14.7 Å². The van der Waals surface area contributed by atoms with Crippen LogP contribution >= 0.6 is 0 Å². The third-order valence-corrected chi connectivity index (χ3v) is 4.40. The summed E-state index contributed by atoms with van der Waals surface area (Å²) in [5.74, 6) is 0.915. The standard InChI is InChI=1S/C17H25NO3/c1-5-18(6-2)16(20)12-7-8-15-13(9-12)10-14(11-19)17(3,4)21-15/h7-9,14,19H,5-6,10-11H2,1-4H3. The van der Waals surface area contributed by atoms with Gasteiger partial charge in [-0.05, 0) is 57.9 Å². The summed E-state index contributed by atoms with van der Waals surface area (Å²) in [6.45, 7) is 9.43. The minimum absolute atomic E-state index is 0.0452. The van der Waals surface area contributed by atoms with Crippen molar-refractivity contribution in [2.45, 2.75) is 39.7 Å². The predicted octanol–water partition coefficient (Wildman–Crippen LogP) is 2.49. The van der Waals surface area contributed by atoms with Crippen LogP contribution in [-0.4, -0.2) is 41.2 Å². The quantitative estimate of drug-likeness (QED) is 0.927. The van der Waals surface area contributed by atoms with Crippen LogP contribution in [0.1, 0.15) is 43.6 Å². The number of fused-ring (bicyclic) bond motifs is 1. The lowest BCUT2D eigenvalue weighted by atomic mass is 9.82. The number of aliphatic hydroxyl groups excluding tert-OH is 1. The Balaban J connectivity index is 2.30. The van der Waals surface area contributed by atoms with E-state index in [1.165, 1.54) is 0 Å². The van der Waals surface area contributed by atoms with Crippen molar-refractivity contribution in [2.75, 3.05) is 19.7 Å². The van der Waals surface area contributed by atoms with Crippen molar-refractivity contribution in [3.05, 3.63) is 29.3 Å². The second kappa shape index (κ2) is 6.06. The van der Waals surface area contributed by atoms with Gasteiger partial charge in [-0.2, -0.15) is 0 Å². The molecule has 1 heterocycles. The second-order valence-corrected chi connectivity index (χ2v) is 6.09. The van der Waals surface area contributed by atoms with Gasteiger partial charge in [0.15, 0.2) is 0 Å². The number of amides is 1. The van der Waals surface area contributed by atoms with E-state index in [1.54, 1.807) is 4.90 Å². The van der Waals surface area contributed by atoms with Crippen molar-refractivity contribution >= 4 is 5.91 Å². The lowest BCUT2D eigenvalue weighted by molar-refractivity contribution is -0.000604. The fourth-order valence-corrected chi connectivity index (χ4v) is 2.83. The van der Waals surface area contributed by atoms with E-state index < -0.39 is 0 Å². The van der Waals surface area contributed by atoms with Crippen molar-refractivity contribution in [3.8, 4) is 5.75 Å². The number of carbonyl (C=O) groups excluding carboxylic acids is 1. The molecule has 1 aliphatic rings. The Morgan fingerprint density at radius 1 is 1.38 bits per heavy atom. The van der Waals surface area contributed by atoms with Gasteiger partial charge in [-0.25, -0.2) is 0 Å². The molecule has 0 saturated heterocycles. The van der Waals surface area contributed by atoms with Crippen LogP contribution in [0.3, 0.4) is 0 Å². The lowest BCUT2D eigenvalue weighted by Crippen LogP contribution is -2.44. The average Bonchev–Trinajstić information content (AvgIpc) is 2.46. The number of ether oxygens (including phenoxy) is 1. The fraction of sp³-hybridized carbons (Fsp3) is 0.588. The van der Waals surface area contributed by atoms with Gasteiger partial charge >= 0.3 is 0 Å². The summed E-state index contributed by atoms with van der Waals surface area (Å²) in [4.78, 5) is 14.2. The van der Waals surface area contributed by atoms with Crippen molar-refractivity contribution in [3.63, 3.8) is 0 Å². The van der Waals surface area contributed by atoms with Crippen molar-refractivity contribution in [1.29, 1.82) is 0 Å². The van der Waals surface area contributed by atoms with Crippen molar-refractivity contribution in [1.82, 2.24) is 4.90 Å². The summed E-state index contributed by atoms with van der Waals surface area (Å²) in [5.41, 5.74) is 1.32. The zero-order valence-electron chi connectivity index (χ0n) is 13.3. The molecule has 1 N–H and O–H groups in total. The van der Waals surface area contributed by atoms with Crippen LogP contribution in [0.5, 0.6) is 5.75 Å². The molecular weight excluding hydrogens is 266 g/mol. The molecule has 1 aliphatic heterocycles. The number of nitrogens with zero attached hydrogens (tertiary/aromatic N) is 1. The SMILES string of the molecule is CCN(CC)C(=O)c1ccc2c(c1)CC(CO)C(C)(C)O2. The Morgan fingerprint density at radius 2 is 2.05 bits per heavy atom. The summed E-state index contributed by atoms with van der Waals surface area (Å²) in [5, 5.41) is 9.54. The van der Waals surface area contributed by atoms with Crippen LogP contribution in [0.2, 0.25) is 0 Å². The lowest BCUT2D eigenvalue weighted by Gasteiger charge is -2.39. The maximum Gasteiger partial charge on any atom is 0.253 e. The van der Waals surface area contributed by atoms with Gasteiger partial charge in [0.2, 0.25) is 0 Å². The Hall–Kier alpha value is -1.55. The minimum Gasteiger partial charge on any atom is -0.487 e. The highest BCUT2D eigenvalue weighted by Gasteiger charge is 2.36. The first-order chi connectivity index (χ1) is 9.92. The molecule has 0 radical (unpaired) electrons. The van der Waals surface area contributed by atoms with Crippen LogP contribution in [-0.2, 0) is 6.42 Å². The first-order valence-corrected chi connectivity index (χ1v) is 7.65. The van der Waals surface area contributed by atoms with E-state index in [1.807, 2.05) is 45.9 Å². The molecule has 21 heavy (non-hydrogen) atoms. The van der Waals surface area contributed by atoms with Crippen LogP contribution in [0, 0.1) is 5.92 Å². The van der Waals surface area contributed by atoms with E-state index in [-0.39, 0.29) is 24.0 Å². The molecule has 0 bridgehead atoms. The summed E-state index contributed by atoms with van der Waals surface area (Å²) in [6.07, 6.45) is 0.734. The van der Waals surface area contributed by atoms with Crippen LogP contribution in [0.25, 0.3) is 0 Å². The molecule has 2 rings (SSSR count). The minimum atomic E-state index is -0.383. The van der Waals surface area contributed by atoms with Crippen molar-refractivity contribution in [2.24, 2.45) is 5.92 Å². The molecule has 1 atom stereocenters. The zero-order chi connectivity index (χ0) is 15.6. The average molecular weight is 291 g/mol. The molecule has 1 aromatic rings. The van der Waals surface area contributed by atoms with Crippen molar-refractivity contribution < 1.29 is 14.6 Å². The Kier molecular flexibility index (Phi) is 4.57. The van der Waals surface area contributed by atoms with Gasteiger partial charge in [-0.3, -0.25) is 4.79 Å². The predicted molar refractivity (Wildman–Crippen MR) is 82.7 cm³/mol. The monoisotopic (exact) mass is 291 g/mol. The number of hydrogen-bond acceptors (Lipinski definition) is 3. The summed E-state index contributed by atoms with van der Waals surface area (Å²) in [7, 11) is 0. The second-order valence-electron chi connectivity index (χ2n) is 6.09. The van der Waals surface area contributed by atoms with E-state index in [4.69, 9.17) is 4.74 Å². The van der Waals surface area contributed by atoms with Gasteiger partial charge in [0.1, 0.15) is 11.4 Å².